The molecule has 4 heterocycles. The monoisotopic (exact) mass is 461 g/mol. The van der Waals surface area contributed by atoms with E-state index in [9.17, 15) is 9.18 Å². The average molecular weight is 462 g/mol. The molecule has 2 N–H and O–H groups in total. The third-order valence-corrected chi connectivity index (χ3v) is 6.02. The number of pyridine rings is 1. The van der Waals surface area contributed by atoms with E-state index in [1.54, 1.807) is 27.6 Å². The highest BCUT2D eigenvalue weighted by atomic mass is 19.1. The molecule has 0 unspecified atom stereocenters. The van der Waals surface area contributed by atoms with Crippen molar-refractivity contribution in [1.82, 2.24) is 29.6 Å². The number of alkyl halides is 1. The van der Waals surface area contributed by atoms with E-state index in [0.717, 1.165) is 25.2 Å². The number of rotatable bonds is 5. The van der Waals surface area contributed by atoms with Gasteiger partial charge in [-0.25, -0.2) is 23.7 Å². The summed E-state index contributed by atoms with van der Waals surface area (Å²) in [5, 5.41) is 7.02. The van der Waals surface area contributed by atoms with Gasteiger partial charge in [0.2, 0.25) is 5.95 Å². The van der Waals surface area contributed by atoms with Crippen LogP contribution in [0.15, 0.2) is 47.4 Å². The molecule has 9 heteroatoms. The lowest BCUT2D eigenvalue weighted by Crippen LogP contribution is -2.25. The Balaban J connectivity index is 1.63. The molecule has 8 nitrogen and oxygen atoms in total. The van der Waals surface area contributed by atoms with Crippen molar-refractivity contribution < 1.29 is 4.39 Å². The van der Waals surface area contributed by atoms with Crippen LogP contribution in [-0.2, 0) is 18.6 Å². The van der Waals surface area contributed by atoms with Gasteiger partial charge in [-0.1, -0.05) is 12.1 Å². The molecule has 34 heavy (non-hydrogen) atoms. The van der Waals surface area contributed by atoms with E-state index in [4.69, 9.17) is 0 Å². The van der Waals surface area contributed by atoms with Crippen LogP contribution in [0.1, 0.15) is 50.6 Å². The minimum atomic E-state index is -1.62. The molecule has 0 radical (unpaired) electrons. The molecule has 176 valence electrons. The minimum absolute atomic E-state index is 0.171. The van der Waals surface area contributed by atoms with E-state index >= 15 is 0 Å². The van der Waals surface area contributed by atoms with Crippen molar-refractivity contribution in [3.8, 4) is 5.82 Å². The summed E-state index contributed by atoms with van der Waals surface area (Å²) in [7, 11) is 0. The number of halogens is 1. The Hall–Kier alpha value is -3.59. The fraction of sp³-hybridized carbons (Fsp3) is 0.360. The Labute approximate surface area is 196 Å². The topological polar surface area (TPSA) is 89.7 Å². The van der Waals surface area contributed by atoms with Gasteiger partial charge in [0.1, 0.15) is 11.1 Å². The molecule has 0 aliphatic carbocycles. The van der Waals surface area contributed by atoms with E-state index < -0.39 is 5.67 Å². The SMILES string of the molecule is CC(C)n1c(=O)c2cnc(Nc3ccc4c(c3)CNCC4)nc2n1-c1cccc(C(C)(C)F)n1. The van der Waals surface area contributed by atoms with Crippen molar-refractivity contribution >= 4 is 22.7 Å². The zero-order valence-corrected chi connectivity index (χ0v) is 19.8. The summed E-state index contributed by atoms with van der Waals surface area (Å²) >= 11 is 0. The van der Waals surface area contributed by atoms with Crippen LogP contribution in [-0.4, -0.2) is 30.9 Å². The van der Waals surface area contributed by atoms with Gasteiger partial charge >= 0.3 is 0 Å². The second-order valence-electron chi connectivity index (χ2n) is 9.37. The van der Waals surface area contributed by atoms with Crippen LogP contribution in [0.2, 0.25) is 0 Å². The Morgan fingerprint density at radius 1 is 1.15 bits per heavy atom. The Morgan fingerprint density at radius 2 is 1.97 bits per heavy atom. The number of nitrogens with zero attached hydrogens (tertiary/aromatic N) is 5. The lowest BCUT2D eigenvalue weighted by atomic mass is 10.0. The van der Waals surface area contributed by atoms with Crippen LogP contribution in [0, 0.1) is 0 Å². The molecule has 3 aromatic heterocycles. The molecular weight excluding hydrogens is 433 g/mol. The first-order chi connectivity index (χ1) is 16.2. The summed E-state index contributed by atoms with van der Waals surface area (Å²) in [6.07, 6.45) is 2.54. The summed E-state index contributed by atoms with van der Waals surface area (Å²) in [4.78, 5) is 26.8. The third-order valence-electron chi connectivity index (χ3n) is 6.02. The van der Waals surface area contributed by atoms with Crippen molar-refractivity contribution in [3.63, 3.8) is 0 Å². The summed E-state index contributed by atoms with van der Waals surface area (Å²) in [5.74, 6) is 0.793. The highest BCUT2D eigenvalue weighted by Gasteiger charge is 2.24. The highest BCUT2D eigenvalue weighted by Crippen LogP contribution is 2.26. The van der Waals surface area contributed by atoms with Gasteiger partial charge in [0, 0.05) is 24.5 Å². The Morgan fingerprint density at radius 3 is 2.74 bits per heavy atom. The van der Waals surface area contributed by atoms with Crippen LogP contribution in [0.25, 0.3) is 16.9 Å². The van der Waals surface area contributed by atoms with Gasteiger partial charge in [0.25, 0.3) is 5.56 Å². The molecule has 0 saturated carbocycles. The highest BCUT2D eigenvalue weighted by molar-refractivity contribution is 5.77. The van der Waals surface area contributed by atoms with Gasteiger partial charge in [0.05, 0.1) is 5.69 Å². The normalized spacial score (nSPS) is 13.9. The van der Waals surface area contributed by atoms with Gasteiger partial charge in [-0.05, 0) is 76.1 Å². The first-order valence-electron chi connectivity index (χ1n) is 11.5. The van der Waals surface area contributed by atoms with Crippen LogP contribution in [0.3, 0.4) is 0 Å². The summed E-state index contributed by atoms with van der Waals surface area (Å²) in [6, 6.07) is 11.2. The number of anilines is 2. The van der Waals surface area contributed by atoms with Gasteiger partial charge in [0.15, 0.2) is 11.5 Å². The largest absolute Gasteiger partial charge is 0.324 e. The van der Waals surface area contributed by atoms with Crippen molar-refractivity contribution in [3.05, 3.63) is 69.8 Å². The zero-order valence-electron chi connectivity index (χ0n) is 19.8. The fourth-order valence-corrected chi connectivity index (χ4v) is 4.31. The molecule has 0 amide bonds. The number of nitrogens with one attached hydrogen (secondary N) is 2. The maximum atomic E-state index is 14.6. The summed E-state index contributed by atoms with van der Waals surface area (Å²) in [5.41, 5.74) is 2.31. The van der Waals surface area contributed by atoms with E-state index in [0.29, 0.717) is 22.8 Å². The second kappa shape index (κ2) is 8.32. The molecule has 1 aliphatic heterocycles. The van der Waals surface area contributed by atoms with Crippen LogP contribution < -0.4 is 16.2 Å². The van der Waals surface area contributed by atoms with Gasteiger partial charge in [-0.15, -0.1) is 0 Å². The zero-order chi connectivity index (χ0) is 24.0. The van der Waals surface area contributed by atoms with Gasteiger partial charge < -0.3 is 10.6 Å². The molecule has 1 aromatic carbocycles. The number of benzene rings is 1. The van der Waals surface area contributed by atoms with Gasteiger partial charge in [-0.3, -0.25) is 4.79 Å². The molecule has 0 fully saturated rings. The number of aromatic nitrogens is 5. The van der Waals surface area contributed by atoms with E-state index in [1.165, 1.54) is 31.2 Å². The van der Waals surface area contributed by atoms with Crippen molar-refractivity contribution in [2.24, 2.45) is 0 Å². The lowest BCUT2D eigenvalue weighted by Gasteiger charge is -2.18. The summed E-state index contributed by atoms with van der Waals surface area (Å²) < 4.78 is 17.9. The number of hydrogen-bond donors (Lipinski definition) is 2. The quantitative estimate of drug-likeness (QED) is 0.464. The molecule has 0 atom stereocenters. The molecule has 1 aliphatic rings. The van der Waals surface area contributed by atoms with Crippen LogP contribution >= 0.6 is 0 Å². The smallest absolute Gasteiger partial charge is 0.278 e. The maximum Gasteiger partial charge on any atom is 0.278 e. The maximum absolute atomic E-state index is 14.6. The summed E-state index contributed by atoms with van der Waals surface area (Å²) in [6.45, 7) is 8.55. The molecular formula is C25H28FN7O. The molecule has 4 aromatic rings. The van der Waals surface area contributed by atoms with Crippen molar-refractivity contribution in [1.29, 1.82) is 0 Å². The molecule has 0 spiro atoms. The van der Waals surface area contributed by atoms with Crippen LogP contribution in [0.4, 0.5) is 16.0 Å². The minimum Gasteiger partial charge on any atom is -0.324 e. The number of fused-ring (bicyclic) bond motifs is 2. The van der Waals surface area contributed by atoms with Crippen molar-refractivity contribution in [2.45, 2.75) is 52.4 Å². The van der Waals surface area contributed by atoms with Crippen molar-refractivity contribution in [2.75, 3.05) is 11.9 Å². The molecule has 0 saturated heterocycles. The third kappa shape index (κ3) is 3.96. The van der Waals surface area contributed by atoms with Crippen LogP contribution in [0.5, 0.6) is 0 Å². The average Bonchev–Trinajstić information content (AvgIpc) is 3.10. The molecule has 5 rings (SSSR count). The first kappa shape index (κ1) is 22.2. The lowest BCUT2D eigenvalue weighted by molar-refractivity contribution is 0.214. The predicted molar refractivity (Wildman–Crippen MR) is 131 cm³/mol. The Kier molecular flexibility index (Phi) is 5.44. The van der Waals surface area contributed by atoms with Gasteiger partial charge in [-0.2, -0.15) is 4.98 Å². The fourth-order valence-electron chi connectivity index (χ4n) is 4.31. The molecule has 0 bridgehead atoms. The van der Waals surface area contributed by atoms with E-state index in [1.807, 2.05) is 19.9 Å². The number of hydrogen-bond acceptors (Lipinski definition) is 6. The van der Waals surface area contributed by atoms with E-state index in [-0.39, 0.29) is 17.3 Å². The second-order valence-corrected chi connectivity index (χ2v) is 9.37. The van der Waals surface area contributed by atoms with E-state index in [2.05, 4.69) is 37.7 Å². The Bertz CT molecular complexity index is 1430. The standard InChI is InChI=1S/C25H28FN7O/c1-15(2)32-23(34)19-14-28-24(29-18-9-8-16-10-11-27-13-17(16)12-18)31-22(19)33(32)21-7-5-6-20(30-21)25(3,4)26/h5-9,12,14-15,27H,10-11,13H2,1-4H3,(H,28,29,31). The predicted octanol–water partition coefficient (Wildman–Crippen LogP) is 4.15. The first-order valence-corrected chi connectivity index (χ1v) is 11.5.